The number of aromatic amines is 1. The van der Waals surface area contributed by atoms with Gasteiger partial charge in [-0.15, -0.1) is 22.7 Å². The molecule has 0 aliphatic heterocycles. The van der Waals surface area contributed by atoms with Gasteiger partial charge >= 0.3 is 6.03 Å². The molecule has 3 rings (SSSR count). The maximum atomic E-state index is 12.5. The number of fused-ring (bicyclic) bond motifs is 1. The number of H-pyrrole nitrogens is 1. The summed E-state index contributed by atoms with van der Waals surface area (Å²) in [5.41, 5.74) is 0.627. The highest BCUT2D eigenvalue weighted by Crippen LogP contribution is 2.34. The fourth-order valence-electron chi connectivity index (χ4n) is 2.10. The smallest absolute Gasteiger partial charge is 0.321 e. The van der Waals surface area contributed by atoms with Crippen LogP contribution in [0, 0.1) is 0 Å². The van der Waals surface area contributed by atoms with Crippen LogP contribution in [-0.4, -0.2) is 34.2 Å². The number of thioether (sulfide) groups is 1. The number of carbonyl (C=O) groups excluding carboxylic acids is 2. The Morgan fingerprint density at radius 2 is 2.16 bits per heavy atom. The molecule has 0 unspecified atom stereocenters. The number of thiophene rings is 2. The van der Waals surface area contributed by atoms with Crippen LogP contribution in [0.2, 0.25) is 0 Å². The molecule has 0 saturated heterocycles. The van der Waals surface area contributed by atoms with Crippen molar-refractivity contribution in [1.29, 1.82) is 0 Å². The molecule has 25 heavy (non-hydrogen) atoms. The molecule has 0 aliphatic rings. The van der Waals surface area contributed by atoms with Gasteiger partial charge in [-0.3, -0.25) is 14.9 Å². The van der Waals surface area contributed by atoms with E-state index in [0.717, 1.165) is 22.2 Å². The van der Waals surface area contributed by atoms with E-state index in [9.17, 15) is 14.4 Å². The predicted molar refractivity (Wildman–Crippen MR) is 101 cm³/mol. The van der Waals surface area contributed by atoms with Gasteiger partial charge in [-0.1, -0.05) is 17.8 Å². The minimum Gasteiger partial charge on any atom is -0.341 e. The normalized spacial score (nSPS) is 12.1. The van der Waals surface area contributed by atoms with Crippen LogP contribution in [0.3, 0.4) is 0 Å². The first kappa shape index (κ1) is 17.6. The van der Waals surface area contributed by atoms with Crippen molar-refractivity contribution in [3.8, 4) is 10.4 Å². The van der Waals surface area contributed by atoms with Gasteiger partial charge in [-0.25, -0.2) is 9.78 Å². The van der Waals surface area contributed by atoms with Crippen molar-refractivity contribution in [2.45, 2.75) is 17.3 Å². The molecule has 7 nitrogen and oxygen atoms in total. The summed E-state index contributed by atoms with van der Waals surface area (Å²) in [7, 11) is 1.43. The molecular formula is C15H14N4O3S3. The Labute approximate surface area is 154 Å². The summed E-state index contributed by atoms with van der Waals surface area (Å²) in [5, 5.41) is 8.69. The SMILES string of the molecule is CNC(=O)NC(=O)[C@H](C)Sc1nc2scc(-c3cccs3)c2c(=O)[nH]1. The van der Waals surface area contributed by atoms with E-state index in [1.165, 1.54) is 18.4 Å². The van der Waals surface area contributed by atoms with Crippen LogP contribution < -0.4 is 16.2 Å². The van der Waals surface area contributed by atoms with Crippen LogP contribution in [0.1, 0.15) is 6.92 Å². The lowest BCUT2D eigenvalue weighted by atomic mass is 10.2. The van der Waals surface area contributed by atoms with Crippen LogP contribution in [0.4, 0.5) is 4.79 Å². The van der Waals surface area contributed by atoms with Crippen LogP contribution in [0.15, 0.2) is 32.8 Å². The van der Waals surface area contributed by atoms with E-state index in [1.54, 1.807) is 18.3 Å². The maximum absolute atomic E-state index is 12.5. The van der Waals surface area contributed by atoms with Crippen LogP contribution in [-0.2, 0) is 4.79 Å². The Balaban J connectivity index is 1.86. The molecule has 3 aromatic rings. The average Bonchev–Trinajstić information content (AvgIpc) is 3.23. The molecule has 0 saturated carbocycles. The van der Waals surface area contributed by atoms with Crippen molar-refractivity contribution in [3.63, 3.8) is 0 Å². The molecule has 3 heterocycles. The molecular weight excluding hydrogens is 380 g/mol. The van der Waals surface area contributed by atoms with Crippen molar-refractivity contribution in [2.24, 2.45) is 0 Å². The van der Waals surface area contributed by atoms with Gasteiger partial charge in [-0.05, 0) is 18.4 Å². The van der Waals surface area contributed by atoms with Crippen molar-refractivity contribution < 1.29 is 9.59 Å². The number of hydrogen-bond acceptors (Lipinski definition) is 7. The second kappa shape index (κ2) is 7.38. The topological polar surface area (TPSA) is 104 Å². The number of imide groups is 1. The van der Waals surface area contributed by atoms with Gasteiger partial charge in [0.05, 0.1) is 10.6 Å². The largest absolute Gasteiger partial charge is 0.341 e. The number of carbonyl (C=O) groups is 2. The molecule has 3 N–H and O–H groups in total. The van der Waals surface area contributed by atoms with Gasteiger partial charge in [0.15, 0.2) is 5.16 Å². The third-order valence-corrected chi connectivity index (χ3v) is 6.09. The summed E-state index contributed by atoms with van der Waals surface area (Å²) < 4.78 is 0. The molecule has 0 aromatic carbocycles. The lowest BCUT2D eigenvalue weighted by Crippen LogP contribution is -2.41. The zero-order valence-electron chi connectivity index (χ0n) is 13.3. The minimum absolute atomic E-state index is 0.240. The quantitative estimate of drug-likeness (QED) is 0.466. The highest BCUT2D eigenvalue weighted by Gasteiger charge is 2.19. The average molecular weight is 395 g/mol. The highest BCUT2D eigenvalue weighted by atomic mass is 32.2. The van der Waals surface area contributed by atoms with E-state index in [4.69, 9.17) is 0 Å². The van der Waals surface area contributed by atoms with Crippen molar-refractivity contribution in [1.82, 2.24) is 20.6 Å². The second-order valence-corrected chi connectivity index (χ2v) is 8.14. The Morgan fingerprint density at radius 3 is 2.84 bits per heavy atom. The lowest BCUT2D eigenvalue weighted by Gasteiger charge is -2.10. The van der Waals surface area contributed by atoms with E-state index in [1.807, 2.05) is 22.9 Å². The number of nitrogens with one attached hydrogen (secondary N) is 3. The summed E-state index contributed by atoms with van der Waals surface area (Å²) in [6.07, 6.45) is 0. The number of rotatable bonds is 4. The first-order chi connectivity index (χ1) is 12.0. The second-order valence-electron chi connectivity index (χ2n) is 5.01. The number of hydrogen-bond donors (Lipinski definition) is 3. The van der Waals surface area contributed by atoms with E-state index in [0.29, 0.717) is 15.4 Å². The molecule has 0 spiro atoms. The van der Waals surface area contributed by atoms with E-state index >= 15 is 0 Å². The molecule has 3 aromatic heterocycles. The number of amides is 3. The predicted octanol–water partition coefficient (Wildman–Crippen LogP) is 2.65. The molecule has 0 aliphatic carbocycles. The minimum atomic E-state index is -0.588. The fourth-order valence-corrected chi connectivity index (χ4v) is 4.71. The van der Waals surface area contributed by atoms with Gasteiger partial charge in [0.25, 0.3) is 5.56 Å². The first-order valence-corrected chi connectivity index (χ1v) is 9.88. The van der Waals surface area contributed by atoms with E-state index < -0.39 is 17.2 Å². The third-order valence-electron chi connectivity index (χ3n) is 3.33. The molecule has 3 amide bonds. The Morgan fingerprint density at radius 1 is 1.36 bits per heavy atom. The van der Waals surface area contributed by atoms with Crippen LogP contribution in [0.25, 0.3) is 20.7 Å². The van der Waals surface area contributed by atoms with Crippen LogP contribution in [0.5, 0.6) is 0 Å². The summed E-state index contributed by atoms with van der Waals surface area (Å²) in [5.74, 6) is -0.461. The number of nitrogens with zero attached hydrogens (tertiary/aromatic N) is 1. The molecule has 0 bridgehead atoms. The molecule has 0 radical (unpaired) electrons. The maximum Gasteiger partial charge on any atom is 0.321 e. The zero-order chi connectivity index (χ0) is 18.0. The summed E-state index contributed by atoms with van der Waals surface area (Å²) in [6.45, 7) is 1.64. The number of urea groups is 1. The van der Waals surface area contributed by atoms with Gasteiger partial charge in [0.1, 0.15) is 4.83 Å². The Kier molecular flexibility index (Phi) is 5.21. The van der Waals surface area contributed by atoms with Gasteiger partial charge < -0.3 is 10.3 Å². The van der Waals surface area contributed by atoms with Crippen molar-refractivity contribution >= 4 is 56.6 Å². The molecule has 130 valence electrons. The summed E-state index contributed by atoms with van der Waals surface area (Å²) in [4.78, 5) is 44.4. The highest BCUT2D eigenvalue weighted by molar-refractivity contribution is 8.00. The summed E-state index contributed by atoms with van der Waals surface area (Å²) in [6, 6.07) is 3.31. The molecule has 1 atom stereocenters. The van der Waals surface area contributed by atoms with E-state index in [-0.39, 0.29) is 5.56 Å². The van der Waals surface area contributed by atoms with Gasteiger partial charge in [0.2, 0.25) is 5.91 Å². The van der Waals surface area contributed by atoms with Crippen molar-refractivity contribution in [3.05, 3.63) is 33.2 Å². The zero-order valence-corrected chi connectivity index (χ0v) is 15.7. The Bertz CT molecular complexity index is 978. The van der Waals surface area contributed by atoms with E-state index in [2.05, 4.69) is 20.6 Å². The molecule has 0 fully saturated rings. The van der Waals surface area contributed by atoms with Gasteiger partial charge in [-0.2, -0.15) is 0 Å². The summed E-state index contributed by atoms with van der Waals surface area (Å²) >= 11 is 4.04. The van der Waals surface area contributed by atoms with Gasteiger partial charge in [0, 0.05) is 22.9 Å². The van der Waals surface area contributed by atoms with Crippen molar-refractivity contribution in [2.75, 3.05) is 7.05 Å². The first-order valence-electron chi connectivity index (χ1n) is 7.24. The fraction of sp³-hybridized carbons (Fsp3) is 0.200. The Hall–Kier alpha value is -2.17. The van der Waals surface area contributed by atoms with Crippen LogP contribution >= 0.6 is 34.4 Å². The monoisotopic (exact) mass is 394 g/mol. The molecule has 10 heteroatoms. The lowest BCUT2D eigenvalue weighted by molar-refractivity contribution is -0.119. The number of aromatic nitrogens is 2. The standard InChI is InChI=1S/C15H14N4O3S3/c1-7(11(20)17-14(22)16-2)25-15-18-12(21)10-8(6-24-13(10)19-15)9-4-3-5-23-9/h3-7H,1-2H3,(H,18,19,21)(H2,16,17,20,22)/t7-/m0/s1. The third kappa shape index (κ3) is 3.75.